The van der Waals surface area contributed by atoms with E-state index in [-0.39, 0.29) is 28.6 Å². The minimum atomic E-state index is -0.350. The third kappa shape index (κ3) is 4.83. The molecule has 0 aliphatic carbocycles. The number of para-hydroxylation sites is 1. The Kier molecular flexibility index (Phi) is 6.13. The van der Waals surface area contributed by atoms with E-state index in [4.69, 9.17) is 0 Å². The Morgan fingerprint density at radius 3 is 2.52 bits per heavy atom. The molecule has 1 aromatic heterocycles. The lowest BCUT2D eigenvalue weighted by molar-refractivity contribution is 0.0866. The number of phenolic OH excluding ortho intramolecular Hbond substituents is 1. The van der Waals surface area contributed by atoms with Crippen LogP contribution < -0.4 is 4.90 Å². The maximum absolute atomic E-state index is 12.7. The molecule has 1 fully saturated rings. The molecule has 0 atom stereocenters. The van der Waals surface area contributed by atoms with Gasteiger partial charge in [-0.05, 0) is 31.2 Å². The predicted octanol–water partition coefficient (Wildman–Crippen LogP) is 2.98. The summed E-state index contributed by atoms with van der Waals surface area (Å²) < 4.78 is 1.22. The van der Waals surface area contributed by atoms with Gasteiger partial charge in [0.1, 0.15) is 5.75 Å². The third-order valence-corrected chi connectivity index (χ3v) is 5.63. The van der Waals surface area contributed by atoms with E-state index in [1.165, 1.54) is 28.8 Å². The number of phenols is 1. The number of aryl methyl sites for hydroxylation is 1. The van der Waals surface area contributed by atoms with Crippen LogP contribution in [0.25, 0.3) is 0 Å². The number of piperazine rings is 1. The fourth-order valence-electron chi connectivity index (χ4n) is 3.80. The maximum atomic E-state index is 12.7. The van der Waals surface area contributed by atoms with E-state index in [9.17, 15) is 14.7 Å². The van der Waals surface area contributed by atoms with Crippen molar-refractivity contribution in [2.75, 3.05) is 37.6 Å². The molecular formula is C24H26N4O3. The monoisotopic (exact) mass is 418 g/mol. The Morgan fingerprint density at radius 2 is 1.77 bits per heavy atom. The zero-order valence-corrected chi connectivity index (χ0v) is 17.6. The molecule has 1 N–H and O–H groups in total. The standard InChI is InChI=1S/C24H26N4O3/c1-18-7-8-22(29)21(15-18)24(31)19-16-25-28(17-19)23(30)9-10-26-11-13-27(14-12-26)20-5-3-2-4-6-20/h2-8,15-17,29H,9-14H2,1H3. The summed E-state index contributed by atoms with van der Waals surface area (Å²) in [5.41, 5.74) is 2.60. The van der Waals surface area contributed by atoms with Crippen LogP contribution in [-0.2, 0) is 0 Å². The molecule has 1 saturated heterocycles. The number of rotatable bonds is 6. The van der Waals surface area contributed by atoms with E-state index in [0.29, 0.717) is 13.0 Å². The van der Waals surface area contributed by atoms with Crippen LogP contribution in [0.15, 0.2) is 60.9 Å². The minimum absolute atomic E-state index is 0.0793. The molecule has 7 heteroatoms. The lowest BCUT2D eigenvalue weighted by Crippen LogP contribution is -2.47. The van der Waals surface area contributed by atoms with Crippen molar-refractivity contribution in [3.05, 3.63) is 77.6 Å². The number of hydrogen-bond acceptors (Lipinski definition) is 6. The van der Waals surface area contributed by atoms with E-state index in [1.54, 1.807) is 12.1 Å². The summed E-state index contributed by atoms with van der Waals surface area (Å²) in [5.74, 6) is -0.584. The molecule has 31 heavy (non-hydrogen) atoms. The lowest BCUT2D eigenvalue weighted by Gasteiger charge is -2.36. The number of aromatic hydroxyl groups is 1. The fraction of sp³-hybridized carbons (Fsp3) is 0.292. The number of hydrogen-bond donors (Lipinski definition) is 1. The van der Waals surface area contributed by atoms with E-state index < -0.39 is 0 Å². The summed E-state index contributed by atoms with van der Waals surface area (Å²) in [4.78, 5) is 29.9. The van der Waals surface area contributed by atoms with Gasteiger partial charge in [0.25, 0.3) is 0 Å². The van der Waals surface area contributed by atoms with Crippen molar-refractivity contribution in [3.8, 4) is 5.75 Å². The summed E-state index contributed by atoms with van der Waals surface area (Å²) >= 11 is 0. The highest BCUT2D eigenvalue weighted by Gasteiger charge is 2.20. The second-order valence-corrected chi connectivity index (χ2v) is 7.83. The predicted molar refractivity (Wildman–Crippen MR) is 119 cm³/mol. The van der Waals surface area contributed by atoms with Crippen molar-refractivity contribution >= 4 is 17.4 Å². The topological polar surface area (TPSA) is 78.7 Å². The number of benzene rings is 2. The Bertz CT molecular complexity index is 1070. The van der Waals surface area contributed by atoms with Crippen molar-refractivity contribution in [2.45, 2.75) is 13.3 Å². The molecule has 3 aromatic rings. The molecule has 0 saturated carbocycles. The van der Waals surface area contributed by atoms with Gasteiger partial charge in [0, 0.05) is 51.0 Å². The van der Waals surface area contributed by atoms with Crippen molar-refractivity contribution in [3.63, 3.8) is 0 Å². The Hall–Kier alpha value is -3.45. The minimum Gasteiger partial charge on any atom is -0.507 e. The molecular weight excluding hydrogens is 392 g/mol. The van der Waals surface area contributed by atoms with Crippen LogP contribution >= 0.6 is 0 Å². The van der Waals surface area contributed by atoms with Crippen LogP contribution in [-0.4, -0.2) is 64.2 Å². The van der Waals surface area contributed by atoms with Gasteiger partial charge >= 0.3 is 0 Å². The molecule has 7 nitrogen and oxygen atoms in total. The highest BCUT2D eigenvalue weighted by Crippen LogP contribution is 2.21. The summed E-state index contributed by atoms with van der Waals surface area (Å²) in [6.07, 6.45) is 3.15. The number of carbonyl (C=O) groups is 2. The normalized spacial score (nSPS) is 14.5. The molecule has 0 spiro atoms. The van der Waals surface area contributed by atoms with Gasteiger partial charge in [-0.1, -0.05) is 29.8 Å². The molecule has 160 valence electrons. The fourth-order valence-corrected chi connectivity index (χ4v) is 3.80. The van der Waals surface area contributed by atoms with Crippen LogP contribution in [0, 0.1) is 6.92 Å². The molecule has 0 unspecified atom stereocenters. The summed E-state index contributed by atoms with van der Waals surface area (Å²) in [7, 11) is 0. The Labute approximate surface area is 181 Å². The van der Waals surface area contributed by atoms with Gasteiger partial charge < -0.3 is 10.0 Å². The third-order valence-electron chi connectivity index (χ3n) is 5.63. The van der Waals surface area contributed by atoms with Gasteiger partial charge in [-0.15, -0.1) is 0 Å². The van der Waals surface area contributed by atoms with Crippen LogP contribution in [0.4, 0.5) is 5.69 Å². The van der Waals surface area contributed by atoms with Crippen LogP contribution in [0.5, 0.6) is 5.75 Å². The lowest BCUT2D eigenvalue weighted by atomic mass is 10.0. The number of carbonyl (C=O) groups excluding carboxylic acids is 2. The van der Waals surface area contributed by atoms with Crippen LogP contribution in [0.1, 0.15) is 32.7 Å². The molecule has 0 bridgehead atoms. The Balaban J connectivity index is 1.31. The number of nitrogens with zero attached hydrogens (tertiary/aromatic N) is 4. The van der Waals surface area contributed by atoms with Crippen molar-refractivity contribution < 1.29 is 14.7 Å². The van der Waals surface area contributed by atoms with Gasteiger partial charge in [0.2, 0.25) is 5.91 Å². The maximum Gasteiger partial charge on any atom is 0.248 e. The second kappa shape index (κ2) is 9.14. The highest BCUT2D eigenvalue weighted by molar-refractivity contribution is 6.10. The number of aromatic nitrogens is 2. The van der Waals surface area contributed by atoms with Gasteiger partial charge in [-0.25, -0.2) is 4.68 Å². The number of anilines is 1. The average molecular weight is 418 g/mol. The second-order valence-electron chi connectivity index (χ2n) is 7.83. The summed E-state index contributed by atoms with van der Waals surface area (Å²) in [6.45, 7) is 6.17. The van der Waals surface area contributed by atoms with Crippen molar-refractivity contribution in [2.24, 2.45) is 0 Å². The van der Waals surface area contributed by atoms with E-state index >= 15 is 0 Å². The van der Waals surface area contributed by atoms with Gasteiger partial charge in [-0.2, -0.15) is 5.10 Å². The number of ketones is 1. The molecule has 4 rings (SSSR count). The average Bonchev–Trinajstić information content (AvgIpc) is 3.30. The van der Waals surface area contributed by atoms with Crippen LogP contribution in [0.2, 0.25) is 0 Å². The van der Waals surface area contributed by atoms with Gasteiger partial charge in [0.15, 0.2) is 5.78 Å². The van der Waals surface area contributed by atoms with E-state index in [2.05, 4.69) is 27.0 Å². The molecule has 0 amide bonds. The smallest absolute Gasteiger partial charge is 0.248 e. The largest absolute Gasteiger partial charge is 0.507 e. The highest BCUT2D eigenvalue weighted by atomic mass is 16.3. The van der Waals surface area contributed by atoms with Crippen molar-refractivity contribution in [1.82, 2.24) is 14.7 Å². The first-order valence-corrected chi connectivity index (χ1v) is 10.5. The van der Waals surface area contributed by atoms with E-state index in [0.717, 1.165) is 31.7 Å². The molecule has 2 heterocycles. The zero-order valence-electron chi connectivity index (χ0n) is 17.6. The SMILES string of the molecule is Cc1ccc(O)c(C(=O)c2cnn(C(=O)CCN3CCN(c4ccccc4)CC3)c2)c1. The first kappa shape index (κ1) is 20.8. The first-order valence-electron chi connectivity index (χ1n) is 10.5. The zero-order chi connectivity index (χ0) is 21.8. The van der Waals surface area contributed by atoms with Crippen LogP contribution in [0.3, 0.4) is 0 Å². The molecule has 2 aromatic carbocycles. The van der Waals surface area contributed by atoms with Crippen molar-refractivity contribution in [1.29, 1.82) is 0 Å². The summed E-state index contributed by atoms with van der Waals surface area (Å²) in [6, 6.07) is 15.2. The molecule has 1 aliphatic heterocycles. The van der Waals surface area contributed by atoms with Gasteiger partial charge in [0.05, 0.1) is 17.3 Å². The first-order chi connectivity index (χ1) is 15.0. The summed E-state index contributed by atoms with van der Waals surface area (Å²) in [5, 5.41) is 14.0. The quantitative estimate of drug-likeness (QED) is 0.620. The van der Waals surface area contributed by atoms with Gasteiger partial charge in [-0.3, -0.25) is 14.5 Å². The van der Waals surface area contributed by atoms with E-state index in [1.807, 2.05) is 25.1 Å². The molecule has 1 aliphatic rings. The molecule has 0 radical (unpaired) electrons. The Morgan fingerprint density at radius 1 is 1.03 bits per heavy atom.